The summed E-state index contributed by atoms with van der Waals surface area (Å²) in [5, 5.41) is 11.4. The minimum Gasteiger partial charge on any atom is -0.478 e. The lowest BCUT2D eigenvalue weighted by Crippen LogP contribution is -2.36. The monoisotopic (exact) mass is 314 g/mol. The van der Waals surface area contributed by atoms with Crippen LogP contribution >= 0.6 is 11.6 Å². The molecule has 0 aliphatic heterocycles. The number of nitrogens with zero attached hydrogens (tertiary/aromatic N) is 1. The van der Waals surface area contributed by atoms with E-state index in [9.17, 15) is 14.4 Å². The van der Waals surface area contributed by atoms with Gasteiger partial charge in [0.2, 0.25) is 0 Å². The molecular formula is C13H15ClN2O5. The van der Waals surface area contributed by atoms with Gasteiger partial charge in [-0.3, -0.25) is 4.79 Å². The topological polar surface area (TPSA) is 95.9 Å². The number of likely N-dealkylation sites (N-methyl/N-ethyl adjacent to an activating group) is 1. The molecule has 1 aromatic rings. The van der Waals surface area contributed by atoms with Crippen molar-refractivity contribution in [2.45, 2.75) is 6.92 Å². The fourth-order valence-electron chi connectivity index (χ4n) is 1.43. The van der Waals surface area contributed by atoms with Crippen LogP contribution < -0.4 is 5.32 Å². The quantitative estimate of drug-likeness (QED) is 0.811. The Hall–Kier alpha value is -2.28. The first-order chi connectivity index (χ1) is 9.85. The Morgan fingerprint density at radius 1 is 1.38 bits per heavy atom. The van der Waals surface area contributed by atoms with Crippen molar-refractivity contribution in [2.75, 3.05) is 25.5 Å². The minimum absolute atomic E-state index is 0.0119. The minimum atomic E-state index is -1.12. The summed E-state index contributed by atoms with van der Waals surface area (Å²) in [6.45, 7) is 1.70. The number of carboxylic acid groups (broad SMARTS) is 1. The number of nitrogens with one attached hydrogen (secondary N) is 1. The van der Waals surface area contributed by atoms with E-state index in [0.29, 0.717) is 0 Å². The third-order valence-corrected chi connectivity index (χ3v) is 2.79. The van der Waals surface area contributed by atoms with E-state index in [1.807, 2.05) is 0 Å². The van der Waals surface area contributed by atoms with Crippen molar-refractivity contribution in [1.29, 1.82) is 0 Å². The maximum Gasteiger partial charge on any atom is 0.335 e. The molecule has 0 aliphatic carbocycles. The molecule has 21 heavy (non-hydrogen) atoms. The van der Waals surface area contributed by atoms with E-state index in [1.54, 1.807) is 6.92 Å². The maximum absolute atomic E-state index is 11.9. The molecule has 2 N–H and O–H groups in total. The standard InChI is InChI=1S/C13H15ClN2O5/c1-3-21-11(17)7-16(2)13(20)15-10-5-4-8(12(18)19)6-9(10)14/h4-6H,3,7H2,1-2H3,(H,15,20)(H,18,19). The van der Waals surface area contributed by atoms with Crippen molar-refractivity contribution in [1.82, 2.24) is 4.90 Å². The Labute approximate surface area is 126 Å². The molecule has 0 heterocycles. The average Bonchev–Trinajstić information content (AvgIpc) is 2.40. The summed E-state index contributed by atoms with van der Waals surface area (Å²) < 4.78 is 4.73. The first-order valence-corrected chi connectivity index (χ1v) is 6.43. The molecule has 0 fully saturated rings. The van der Waals surface area contributed by atoms with E-state index in [2.05, 4.69) is 5.32 Å². The van der Waals surface area contributed by atoms with Crippen LogP contribution in [0.25, 0.3) is 0 Å². The van der Waals surface area contributed by atoms with Gasteiger partial charge in [0.1, 0.15) is 6.54 Å². The number of carbonyl (C=O) groups is 3. The van der Waals surface area contributed by atoms with E-state index in [1.165, 1.54) is 25.2 Å². The molecule has 0 saturated heterocycles. The van der Waals surface area contributed by atoms with Gasteiger partial charge in [0.15, 0.2) is 0 Å². The van der Waals surface area contributed by atoms with Crippen molar-refractivity contribution in [2.24, 2.45) is 0 Å². The zero-order valence-corrected chi connectivity index (χ0v) is 12.3. The summed E-state index contributed by atoms with van der Waals surface area (Å²) in [6, 6.07) is 3.36. The highest BCUT2D eigenvalue weighted by Gasteiger charge is 2.15. The molecular weight excluding hydrogens is 300 g/mol. The fraction of sp³-hybridized carbons (Fsp3) is 0.308. The summed E-state index contributed by atoms with van der Waals surface area (Å²) in [5.41, 5.74) is 0.264. The van der Waals surface area contributed by atoms with Gasteiger partial charge in [-0.25, -0.2) is 9.59 Å². The first kappa shape index (κ1) is 16.8. The van der Waals surface area contributed by atoms with Gasteiger partial charge in [-0.05, 0) is 25.1 Å². The predicted molar refractivity (Wildman–Crippen MR) is 76.7 cm³/mol. The number of ether oxygens (including phenoxy) is 1. The number of carbonyl (C=O) groups excluding carboxylic acids is 2. The van der Waals surface area contributed by atoms with Crippen molar-refractivity contribution < 1.29 is 24.2 Å². The number of rotatable bonds is 5. The number of esters is 1. The molecule has 8 heteroatoms. The lowest BCUT2D eigenvalue weighted by Gasteiger charge is -2.17. The highest BCUT2D eigenvalue weighted by molar-refractivity contribution is 6.34. The van der Waals surface area contributed by atoms with Gasteiger partial charge >= 0.3 is 18.0 Å². The number of halogens is 1. The van der Waals surface area contributed by atoms with Gasteiger partial charge in [-0.15, -0.1) is 0 Å². The van der Waals surface area contributed by atoms with Crippen LogP contribution in [0.1, 0.15) is 17.3 Å². The Balaban J connectivity index is 2.70. The molecule has 0 unspecified atom stereocenters. The molecule has 0 atom stereocenters. The van der Waals surface area contributed by atoms with Gasteiger partial charge in [0.25, 0.3) is 0 Å². The summed E-state index contributed by atoms with van der Waals surface area (Å²) in [7, 11) is 1.42. The van der Waals surface area contributed by atoms with Crippen LogP contribution in [0.4, 0.5) is 10.5 Å². The second-order valence-electron chi connectivity index (χ2n) is 4.09. The Morgan fingerprint density at radius 2 is 2.05 bits per heavy atom. The molecule has 0 aliphatic rings. The Bertz CT molecular complexity index is 561. The third kappa shape index (κ3) is 4.96. The Kier molecular flexibility index (Phi) is 5.98. The summed E-state index contributed by atoms with van der Waals surface area (Å²) >= 11 is 5.89. The van der Waals surface area contributed by atoms with Crippen LogP contribution in [0, 0.1) is 0 Å². The van der Waals surface area contributed by atoms with Crippen LogP contribution in [0.5, 0.6) is 0 Å². The number of hydrogen-bond acceptors (Lipinski definition) is 4. The SMILES string of the molecule is CCOC(=O)CN(C)C(=O)Nc1ccc(C(=O)O)cc1Cl. The normalized spacial score (nSPS) is 9.86. The van der Waals surface area contributed by atoms with Crippen molar-refractivity contribution >= 4 is 35.3 Å². The molecule has 0 aromatic heterocycles. The molecule has 1 rings (SSSR count). The highest BCUT2D eigenvalue weighted by Crippen LogP contribution is 2.23. The number of anilines is 1. The second kappa shape index (κ2) is 7.49. The van der Waals surface area contributed by atoms with Crippen LogP contribution in [0.3, 0.4) is 0 Å². The van der Waals surface area contributed by atoms with Gasteiger partial charge in [-0.1, -0.05) is 11.6 Å². The van der Waals surface area contributed by atoms with Crippen LogP contribution in [-0.2, 0) is 9.53 Å². The second-order valence-corrected chi connectivity index (χ2v) is 4.50. The highest BCUT2D eigenvalue weighted by atomic mass is 35.5. The van der Waals surface area contributed by atoms with Crippen molar-refractivity contribution in [3.8, 4) is 0 Å². The van der Waals surface area contributed by atoms with Crippen LogP contribution in [0.2, 0.25) is 5.02 Å². The third-order valence-electron chi connectivity index (χ3n) is 2.48. The number of amides is 2. The lowest BCUT2D eigenvalue weighted by molar-refractivity contribution is -0.143. The molecule has 0 saturated carbocycles. The molecule has 2 amide bonds. The maximum atomic E-state index is 11.9. The summed E-state index contributed by atoms with van der Waals surface area (Å²) in [6.07, 6.45) is 0. The summed E-state index contributed by atoms with van der Waals surface area (Å²) in [5.74, 6) is -1.64. The average molecular weight is 315 g/mol. The van der Waals surface area contributed by atoms with Gasteiger partial charge < -0.3 is 20.1 Å². The molecule has 114 valence electrons. The fourth-order valence-corrected chi connectivity index (χ4v) is 1.66. The van der Waals surface area contributed by atoms with Crippen LogP contribution in [-0.4, -0.2) is 48.2 Å². The molecule has 0 radical (unpaired) electrons. The van der Waals surface area contributed by atoms with Crippen molar-refractivity contribution in [3.63, 3.8) is 0 Å². The number of aromatic carboxylic acids is 1. The van der Waals surface area contributed by atoms with Gasteiger partial charge in [-0.2, -0.15) is 0 Å². The van der Waals surface area contributed by atoms with E-state index in [-0.39, 0.29) is 29.4 Å². The first-order valence-electron chi connectivity index (χ1n) is 6.05. The predicted octanol–water partition coefficient (Wildman–Crippen LogP) is 2.07. The zero-order chi connectivity index (χ0) is 16.0. The van der Waals surface area contributed by atoms with Gasteiger partial charge in [0.05, 0.1) is 22.9 Å². The summed E-state index contributed by atoms with van der Waals surface area (Å²) in [4.78, 5) is 35.0. The molecule has 0 spiro atoms. The molecule has 1 aromatic carbocycles. The van der Waals surface area contributed by atoms with E-state index in [0.717, 1.165) is 4.90 Å². The van der Waals surface area contributed by atoms with E-state index in [4.69, 9.17) is 21.4 Å². The van der Waals surface area contributed by atoms with Crippen molar-refractivity contribution in [3.05, 3.63) is 28.8 Å². The lowest BCUT2D eigenvalue weighted by atomic mass is 10.2. The Morgan fingerprint density at radius 3 is 2.57 bits per heavy atom. The molecule has 7 nitrogen and oxygen atoms in total. The number of hydrogen-bond donors (Lipinski definition) is 2. The number of urea groups is 1. The van der Waals surface area contributed by atoms with E-state index < -0.39 is 18.0 Å². The van der Waals surface area contributed by atoms with E-state index >= 15 is 0 Å². The number of benzene rings is 1. The number of carboxylic acids is 1. The largest absolute Gasteiger partial charge is 0.478 e. The van der Waals surface area contributed by atoms with Crippen LogP contribution in [0.15, 0.2) is 18.2 Å². The molecule has 0 bridgehead atoms. The zero-order valence-electron chi connectivity index (χ0n) is 11.6. The van der Waals surface area contributed by atoms with Gasteiger partial charge in [0, 0.05) is 7.05 Å². The smallest absolute Gasteiger partial charge is 0.335 e.